The first-order chi connectivity index (χ1) is 21.8. The molecule has 46 heavy (non-hydrogen) atoms. The van der Waals surface area contributed by atoms with Crippen molar-refractivity contribution in [3.8, 4) is 5.75 Å². The Balaban J connectivity index is 1.85. The highest BCUT2D eigenvalue weighted by atomic mass is 35.5. The monoisotopic (exact) mass is 661 g/mol. The second-order valence-corrected chi connectivity index (χ2v) is 14.4. The lowest BCUT2D eigenvalue weighted by molar-refractivity contribution is -0.140. The van der Waals surface area contributed by atoms with Gasteiger partial charge in [-0.3, -0.25) is 13.9 Å². The number of sulfonamides is 1. The van der Waals surface area contributed by atoms with Crippen LogP contribution in [0.2, 0.25) is 5.02 Å². The summed E-state index contributed by atoms with van der Waals surface area (Å²) >= 11 is 6.35. The van der Waals surface area contributed by atoms with Crippen LogP contribution < -0.4 is 14.4 Å². The van der Waals surface area contributed by atoms with Crippen LogP contribution in [0.25, 0.3) is 0 Å². The lowest BCUT2D eigenvalue weighted by Crippen LogP contribution is -2.56. The fraction of sp³-hybridized carbons (Fsp3) is 0.278. The molecular weight excluding hydrogens is 622 g/mol. The van der Waals surface area contributed by atoms with Crippen molar-refractivity contribution in [2.75, 3.05) is 18.0 Å². The van der Waals surface area contributed by atoms with Crippen LogP contribution in [0, 0.1) is 6.92 Å². The number of methoxy groups -OCH3 is 1. The number of hydrogen-bond acceptors (Lipinski definition) is 5. The summed E-state index contributed by atoms with van der Waals surface area (Å²) in [5.74, 6) is -0.713. The number of carbonyl (C=O) groups is 2. The summed E-state index contributed by atoms with van der Waals surface area (Å²) in [6.07, 6.45) is 0.215. The van der Waals surface area contributed by atoms with E-state index in [4.69, 9.17) is 16.3 Å². The number of ether oxygens (including phenoxy) is 1. The molecule has 1 atom stereocenters. The molecule has 242 valence electrons. The van der Waals surface area contributed by atoms with Crippen molar-refractivity contribution in [3.63, 3.8) is 0 Å². The van der Waals surface area contributed by atoms with Crippen LogP contribution >= 0.6 is 11.6 Å². The van der Waals surface area contributed by atoms with Gasteiger partial charge in [0.1, 0.15) is 18.3 Å². The normalized spacial score (nSPS) is 12.2. The van der Waals surface area contributed by atoms with Crippen molar-refractivity contribution >= 4 is 39.1 Å². The van der Waals surface area contributed by atoms with Crippen LogP contribution in [0.4, 0.5) is 5.69 Å². The van der Waals surface area contributed by atoms with E-state index < -0.39 is 34.1 Å². The van der Waals surface area contributed by atoms with E-state index in [-0.39, 0.29) is 40.2 Å². The SMILES string of the molecule is COc1ccc(Cl)cc1N(CC(=O)N(Cc1ccc(C)cc1)[C@H](Cc1ccccc1)C(=O)NC(C)(C)C)S(=O)(=O)c1ccccc1. The molecular formula is C36H40ClN3O5S. The van der Waals surface area contributed by atoms with Crippen molar-refractivity contribution in [2.45, 2.75) is 57.1 Å². The van der Waals surface area contributed by atoms with E-state index >= 15 is 0 Å². The Hall–Kier alpha value is -4.34. The summed E-state index contributed by atoms with van der Waals surface area (Å²) < 4.78 is 35.0. The predicted molar refractivity (Wildman–Crippen MR) is 183 cm³/mol. The number of hydrogen-bond donors (Lipinski definition) is 1. The Morgan fingerprint density at radius 1 is 0.870 bits per heavy atom. The molecule has 0 radical (unpaired) electrons. The van der Waals surface area contributed by atoms with Gasteiger partial charge in [-0.2, -0.15) is 0 Å². The smallest absolute Gasteiger partial charge is 0.264 e. The van der Waals surface area contributed by atoms with Gasteiger partial charge in [-0.1, -0.05) is 90.0 Å². The van der Waals surface area contributed by atoms with E-state index in [1.54, 1.807) is 30.3 Å². The lowest BCUT2D eigenvalue weighted by Gasteiger charge is -2.35. The maximum atomic E-state index is 14.6. The number of amides is 2. The molecule has 1 N–H and O–H groups in total. The van der Waals surface area contributed by atoms with Gasteiger partial charge in [0.15, 0.2) is 0 Å². The molecule has 0 aliphatic rings. The molecule has 10 heteroatoms. The third kappa shape index (κ3) is 8.89. The van der Waals surface area contributed by atoms with E-state index in [2.05, 4.69) is 5.32 Å². The van der Waals surface area contributed by atoms with Crippen molar-refractivity contribution in [1.29, 1.82) is 0 Å². The third-order valence-electron chi connectivity index (χ3n) is 7.26. The number of halogens is 1. The van der Waals surface area contributed by atoms with E-state index in [1.807, 2.05) is 82.3 Å². The average molecular weight is 662 g/mol. The molecule has 0 fully saturated rings. The van der Waals surface area contributed by atoms with Gasteiger partial charge in [0.2, 0.25) is 11.8 Å². The molecule has 0 unspecified atom stereocenters. The molecule has 4 aromatic rings. The van der Waals surface area contributed by atoms with E-state index in [1.165, 1.54) is 30.2 Å². The molecule has 0 spiro atoms. The Bertz CT molecular complexity index is 1740. The topological polar surface area (TPSA) is 96.0 Å². The molecule has 8 nitrogen and oxygen atoms in total. The van der Waals surface area contributed by atoms with Gasteiger partial charge in [0.05, 0.1) is 17.7 Å². The van der Waals surface area contributed by atoms with Crippen molar-refractivity contribution in [3.05, 3.63) is 125 Å². The zero-order valence-corrected chi connectivity index (χ0v) is 28.3. The molecule has 0 bridgehead atoms. The average Bonchev–Trinajstić information content (AvgIpc) is 3.02. The first kappa shape index (κ1) is 34.5. The Morgan fingerprint density at radius 2 is 1.48 bits per heavy atom. The van der Waals surface area contributed by atoms with Crippen molar-refractivity contribution in [2.24, 2.45) is 0 Å². The number of nitrogens with one attached hydrogen (secondary N) is 1. The minimum Gasteiger partial charge on any atom is -0.495 e. The van der Waals surface area contributed by atoms with Crippen LogP contribution in [-0.2, 0) is 32.6 Å². The number of aryl methyl sites for hydroxylation is 1. The Kier molecular flexibility index (Phi) is 11.1. The number of benzene rings is 4. The Morgan fingerprint density at radius 3 is 2.07 bits per heavy atom. The number of carbonyl (C=O) groups excluding carboxylic acids is 2. The van der Waals surface area contributed by atoms with Crippen LogP contribution in [0.15, 0.2) is 108 Å². The summed E-state index contributed by atoms with van der Waals surface area (Å²) in [7, 11) is -2.88. The highest BCUT2D eigenvalue weighted by Crippen LogP contribution is 2.35. The minimum absolute atomic E-state index is 0.0128. The second kappa shape index (κ2) is 14.8. The first-order valence-electron chi connectivity index (χ1n) is 14.9. The number of anilines is 1. The zero-order chi connectivity index (χ0) is 33.5. The number of rotatable bonds is 12. The Labute approximate surface area is 277 Å². The van der Waals surface area contributed by atoms with Crippen LogP contribution in [0.3, 0.4) is 0 Å². The standard InChI is InChI=1S/C36H40ClN3O5S/c1-26-16-18-28(19-17-26)24-39(32(35(42)38-36(2,3)4)22-27-12-8-6-9-13-27)34(41)25-40(31-23-29(37)20-21-33(31)45-5)46(43,44)30-14-10-7-11-15-30/h6-21,23,32H,22,24-25H2,1-5H3,(H,38,42)/t32-/m1/s1. The van der Waals surface area contributed by atoms with Gasteiger partial charge in [-0.05, 0) is 69.2 Å². The van der Waals surface area contributed by atoms with Gasteiger partial charge in [-0.15, -0.1) is 0 Å². The molecule has 0 aromatic heterocycles. The molecule has 0 aliphatic carbocycles. The fourth-order valence-electron chi connectivity index (χ4n) is 4.99. The maximum absolute atomic E-state index is 14.6. The predicted octanol–water partition coefficient (Wildman–Crippen LogP) is 6.41. The molecule has 0 aliphatic heterocycles. The second-order valence-electron chi connectivity index (χ2n) is 12.1. The van der Waals surface area contributed by atoms with E-state index in [0.717, 1.165) is 21.0 Å². The van der Waals surface area contributed by atoms with Crippen molar-refractivity contribution < 1.29 is 22.7 Å². The molecule has 0 saturated heterocycles. The summed E-state index contributed by atoms with van der Waals surface area (Å²) in [6.45, 7) is 7.03. The van der Waals surface area contributed by atoms with Gasteiger partial charge >= 0.3 is 0 Å². The van der Waals surface area contributed by atoms with E-state index in [9.17, 15) is 18.0 Å². The highest BCUT2D eigenvalue weighted by molar-refractivity contribution is 7.92. The molecule has 2 amide bonds. The van der Waals surface area contributed by atoms with Crippen LogP contribution in [0.1, 0.15) is 37.5 Å². The van der Waals surface area contributed by atoms with Crippen LogP contribution in [-0.4, -0.2) is 50.4 Å². The first-order valence-corrected chi connectivity index (χ1v) is 16.7. The zero-order valence-electron chi connectivity index (χ0n) is 26.7. The van der Waals surface area contributed by atoms with Crippen LogP contribution in [0.5, 0.6) is 5.75 Å². The fourth-order valence-corrected chi connectivity index (χ4v) is 6.59. The summed E-state index contributed by atoms with van der Waals surface area (Å²) in [5, 5.41) is 3.30. The third-order valence-corrected chi connectivity index (χ3v) is 9.27. The lowest BCUT2D eigenvalue weighted by atomic mass is 10.0. The summed E-state index contributed by atoms with van der Waals surface area (Å²) in [5.41, 5.74) is 2.20. The quantitative estimate of drug-likeness (QED) is 0.189. The van der Waals surface area contributed by atoms with Gasteiger partial charge in [0, 0.05) is 23.5 Å². The van der Waals surface area contributed by atoms with Crippen molar-refractivity contribution in [1.82, 2.24) is 10.2 Å². The molecule has 4 aromatic carbocycles. The number of nitrogens with zero attached hydrogens (tertiary/aromatic N) is 2. The highest BCUT2D eigenvalue weighted by Gasteiger charge is 2.36. The van der Waals surface area contributed by atoms with Gasteiger partial charge in [0.25, 0.3) is 10.0 Å². The van der Waals surface area contributed by atoms with Gasteiger partial charge in [-0.25, -0.2) is 8.42 Å². The summed E-state index contributed by atoms with van der Waals surface area (Å²) in [4.78, 5) is 30.1. The van der Waals surface area contributed by atoms with Gasteiger partial charge < -0.3 is 15.0 Å². The minimum atomic E-state index is -4.30. The molecule has 4 rings (SSSR count). The van der Waals surface area contributed by atoms with E-state index in [0.29, 0.717) is 0 Å². The largest absolute Gasteiger partial charge is 0.495 e. The maximum Gasteiger partial charge on any atom is 0.264 e. The molecule has 0 saturated carbocycles. The molecule has 0 heterocycles. The summed E-state index contributed by atoms with van der Waals surface area (Å²) in [6, 6.07) is 28.6.